The number of pyridine rings is 1. The van der Waals surface area contributed by atoms with Crippen molar-refractivity contribution in [2.45, 2.75) is 33.2 Å². The number of amides is 2. The smallest absolute Gasteiger partial charge is 0.268 e. The molecule has 1 aromatic heterocycles. The van der Waals surface area contributed by atoms with Crippen molar-refractivity contribution in [3.63, 3.8) is 0 Å². The average Bonchev–Trinajstić information content (AvgIpc) is 2.60. The van der Waals surface area contributed by atoms with Gasteiger partial charge in [-0.15, -0.1) is 0 Å². The summed E-state index contributed by atoms with van der Waals surface area (Å²) in [5.74, 6) is 0.136. The Morgan fingerprint density at radius 2 is 2.07 bits per heavy atom. The monoisotopic (exact) mass is 389 g/mol. The topological polar surface area (TPSA) is 157 Å². The summed E-state index contributed by atoms with van der Waals surface area (Å²) < 4.78 is 5.14. The molecule has 2 amide bonds. The third-order valence-corrected chi connectivity index (χ3v) is 3.86. The Morgan fingerprint density at radius 1 is 1.36 bits per heavy atom. The summed E-state index contributed by atoms with van der Waals surface area (Å²) in [6, 6.07) is 1.01. The molecule has 1 atom stereocenters. The summed E-state index contributed by atoms with van der Waals surface area (Å²) >= 11 is 0. The minimum Gasteiger partial charge on any atom is -0.495 e. The molecular weight excluding hydrogens is 362 g/mol. The second-order valence-corrected chi connectivity index (χ2v) is 7.59. The zero-order valence-electron chi connectivity index (χ0n) is 16.5. The van der Waals surface area contributed by atoms with Crippen molar-refractivity contribution in [3.8, 4) is 5.75 Å². The van der Waals surface area contributed by atoms with E-state index in [0.29, 0.717) is 29.5 Å². The van der Waals surface area contributed by atoms with Crippen molar-refractivity contribution in [3.05, 3.63) is 30.0 Å². The normalized spacial score (nSPS) is 16.8. The van der Waals surface area contributed by atoms with Gasteiger partial charge in [0.2, 0.25) is 5.91 Å². The molecule has 0 bridgehead atoms. The van der Waals surface area contributed by atoms with E-state index < -0.39 is 17.9 Å². The van der Waals surface area contributed by atoms with Gasteiger partial charge < -0.3 is 32.2 Å². The first-order valence-electron chi connectivity index (χ1n) is 8.76. The van der Waals surface area contributed by atoms with Crippen LogP contribution in [0.4, 0.5) is 5.69 Å². The number of primary amides is 2. The average molecular weight is 389 g/mol. The molecule has 10 heteroatoms. The van der Waals surface area contributed by atoms with Gasteiger partial charge in [0.25, 0.3) is 5.91 Å². The summed E-state index contributed by atoms with van der Waals surface area (Å²) in [4.78, 5) is 32.1. The summed E-state index contributed by atoms with van der Waals surface area (Å²) in [5, 5.41) is 8.97. The molecule has 0 unspecified atom stereocenters. The number of carbonyl (C=O) groups excluding carboxylic acids is 2. The molecule has 2 rings (SSSR count). The fourth-order valence-corrected chi connectivity index (χ4v) is 2.61. The number of methoxy groups -OCH3 is 1. The lowest BCUT2D eigenvalue weighted by Gasteiger charge is -2.27. The van der Waals surface area contributed by atoms with Crippen LogP contribution in [-0.2, 0) is 9.59 Å². The number of ether oxygens (including phenoxy) is 1. The molecular formula is C18H27N7O3. The van der Waals surface area contributed by atoms with Gasteiger partial charge in [-0.25, -0.2) is 0 Å². The number of aliphatic imine (C=N–C) groups is 1. The van der Waals surface area contributed by atoms with E-state index in [1.807, 2.05) is 20.8 Å². The van der Waals surface area contributed by atoms with Crippen LogP contribution in [0.3, 0.4) is 0 Å². The minimum atomic E-state index is -0.695. The van der Waals surface area contributed by atoms with Gasteiger partial charge >= 0.3 is 0 Å². The Bertz CT molecular complexity index is 812. The van der Waals surface area contributed by atoms with Gasteiger partial charge in [-0.1, -0.05) is 20.8 Å². The maximum absolute atomic E-state index is 11.8. The van der Waals surface area contributed by atoms with E-state index in [9.17, 15) is 9.59 Å². The highest BCUT2D eigenvalue weighted by atomic mass is 16.5. The third kappa shape index (κ3) is 5.86. The maximum atomic E-state index is 11.8. The van der Waals surface area contributed by atoms with Crippen LogP contribution in [-0.4, -0.2) is 42.3 Å². The van der Waals surface area contributed by atoms with E-state index in [4.69, 9.17) is 16.2 Å². The summed E-state index contributed by atoms with van der Waals surface area (Å²) in [7, 11) is 1.53. The lowest BCUT2D eigenvalue weighted by molar-refractivity contribution is -0.119. The highest BCUT2D eigenvalue weighted by Crippen LogP contribution is 2.23. The molecule has 1 aliphatic rings. The number of amidine groups is 1. The van der Waals surface area contributed by atoms with Crippen molar-refractivity contribution in [2.24, 2.45) is 21.9 Å². The number of nitrogens with two attached hydrogens (primary N) is 2. The number of rotatable bonds is 7. The number of hydrogen-bond acceptors (Lipinski definition) is 7. The van der Waals surface area contributed by atoms with E-state index in [1.54, 1.807) is 18.5 Å². The minimum absolute atomic E-state index is 0.132. The fraction of sp³-hybridized carbons (Fsp3) is 0.444. The molecule has 0 fully saturated rings. The van der Waals surface area contributed by atoms with Crippen molar-refractivity contribution >= 4 is 23.3 Å². The van der Waals surface area contributed by atoms with E-state index in [0.717, 1.165) is 0 Å². The van der Waals surface area contributed by atoms with Gasteiger partial charge in [0.1, 0.15) is 29.1 Å². The quantitative estimate of drug-likeness (QED) is 0.440. The molecule has 0 saturated heterocycles. The summed E-state index contributed by atoms with van der Waals surface area (Å²) in [6.07, 6.45) is 3.60. The van der Waals surface area contributed by atoms with Crippen LogP contribution >= 0.6 is 0 Å². The van der Waals surface area contributed by atoms with Crippen LogP contribution < -0.4 is 32.2 Å². The molecule has 0 aromatic carbocycles. The lowest BCUT2D eigenvalue weighted by atomic mass is 9.88. The predicted molar refractivity (Wildman–Crippen MR) is 106 cm³/mol. The second-order valence-electron chi connectivity index (χ2n) is 7.59. The van der Waals surface area contributed by atoms with Crippen LogP contribution in [0.25, 0.3) is 0 Å². The van der Waals surface area contributed by atoms with E-state index >= 15 is 0 Å². The molecule has 28 heavy (non-hydrogen) atoms. The molecule has 1 aliphatic heterocycles. The third-order valence-electron chi connectivity index (χ3n) is 3.86. The summed E-state index contributed by atoms with van der Waals surface area (Å²) in [6.45, 7) is 6.21. The fourth-order valence-electron chi connectivity index (χ4n) is 2.61. The SMILES string of the molecule is COc1cncc(NC2=C(C(N)=O)NCC(=N[C@H](CC(C)(C)C)C(N)=O)N2)c1. The van der Waals surface area contributed by atoms with E-state index in [1.165, 1.54) is 7.11 Å². The first-order chi connectivity index (χ1) is 13.1. The lowest BCUT2D eigenvalue weighted by Crippen LogP contribution is -2.47. The van der Waals surface area contributed by atoms with Crippen LogP contribution in [0, 0.1) is 5.41 Å². The molecule has 0 spiro atoms. The van der Waals surface area contributed by atoms with Crippen LogP contribution in [0.2, 0.25) is 0 Å². The molecule has 152 valence electrons. The first-order valence-corrected chi connectivity index (χ1v) is 8.76. The van der Waals surface area contributed by atoms with Crippen molar-refractivity contribution in [1.29, 1.82) is 0 Å². The second kappa shape index (κ2) is 8.59. The van der Waals surface area contributed by atoms with Crippen molar-refractivity contribution < 1.29 is 14.3 Å². The molecule has 0 radical (unpaired) electrons. The van der Waals surface area contributed by atoms with Gasteiger partial charge in [0, 0.05) is 6.07 Å². The molecule has 10 nitrogen and oxygen atoms in total. The Morgan fingerprint density at radius 3 is 2.64 bits per heavy atom. The van der Waals surface area contributed by atoms with Crippen molar-refractivity contribution in [2.75, 3.05) is 19.0 Å². The van der Waals surface area contributed by atoms with E-state index in [2.05, 4.69) is 25.9 Å². The highest BCUT2D eigenvalue weighted by molar-refractivity contribution is 5.98. The maximum Gasteiger partial charge on any atom is 0.268 e. The van der Waals surface area contributed by atoms with Crippen LogP contribution in [0.1, 0.15) is 27.2 Å². The van der Waals surface area contributed by atoms with Crippen LogP contribution in [0.5, 0.6) is 5.75 Å². The largest absolute Gasteiger partial charge is 0.495 e. The van der Waals surface area contributed by atoms with Gasteiger partial charge in [0.15, 0.2) is 0 Å². The molecule has 2 heterocycles. The van der Waals surface area contributed by atoms with Crippen LogP contribution in [0.15, 0.2) is 35.0 Å². The molecule has 0 aliphatic carbocycles. The zero-order chi connectivity index (χ0) is 20.9. The zero-order valence-corrected chi connectivity index (χ0v) is 16.5. The van der Waals surface area contributed by atoms with Gasteiger partial charge in [-0.3, -0.25) is 19.6 Å². The Kier molecular flexibility index (Phi) is 6.45. The summed E-state index contributed by atoms with van der Waals surface area (Å²) in [5.41, 5.74) is 11.6. The van der Waals surface area contributed by atoms with Gasteiger partial charge in [-0.2, -0.15) is 0 Å². The number of carbonyl (C=O) groups is 2. The van der Waals surface area contributed by atoms with Gasteiger partial charge in [-0.05, 0) is 11.8 Å². The highest BCUT2D eigenvalue weighted by Gasteiger charge is 2.26. The molecule has 1 aromatic rings. The standard InChI is InChI=1S/C18H27N7O3/c1-18(2,3)6-12(15(19)26)24-13-9-22-14(16(20)27)17(25-13)23-10-5-11(28-4)8-21-7-10/h5,7-8,12,22-23H,6,9H2,1-4H3,(H2,19,26)(H2,20,27)(H,24,25)/t12-/m1/s1. The number of hydrogen-bond donors (Lipinski definition) is 5. The number of aromatic nitrogens is 1. The van der Waals surface area contributed by atoms with Crippen molar-refractivity contribution in [1.82, 2.24) is 15.6 Å². The molecule has 7 N–H and O–H groups in total. The Labute approximate surface area is 163 Å². The number of nitrogens with one attached hydrogen (secondary N) is 3. The Hall–Kier alpha value is -3.30. The number of anilines is 1. The molecule has 0 saturated carbocycles. The Balaban J connectivity index is 2.29. The van der Waals surface area contributed by atoms with E-state index in [-0.39, 0.29) is 17.7 Å². The first kappa shape index (κ1) is 21.0. The van der Waals surface area contributed by atoms with Gasteiger partial charge in [0.05, 0.1) is 31.7 Å². The number of nitrogens with zero attached hydrogens (tertiary/aromatic N) is 2. The predicted octanol–water partition coefficient (Wildman–Crippen LogP) is 0.0379.